The second kappa shape index (κ2) is 5.60. The minimum absolute atomic E-state index is 0.155. The van der Waals surface area contributed by atoms with Crippen molar-refractivity contribution in [1.82, 2.24) is 14.5 Å². The minimum Gasteiger partial charge on any atom is -0.300 e. The Kier molecular flexibility index (Phi) is 3.44. The van der Waals surface area contributed by atoms with Crippen molar-refractivity contribution in [2.24, 2.45) is 0 Å². The van der Waals surface area contributed by atoms with E-state index in [1.165, 1.54) is 11.3 Å². The van der Waals surface area contributed by atoms with Crippen LogP contribution in [0.4, 0.5) is 5.13 Å². The van der Waals surface area contributed by atoms with Gasteiger partial charge in [-0.25, -0.2) is 9.97 Å². The molecule has 1 aromatic carbocycles. The first-order chi connectivity index (χ1) is 11.2. The zero-order valence-corrected chi connectivity index (χ0v) is 13.8. The Balaban J connectivity index is 1.64. The van der Waals surface area contributed by atoms with Gasteiger partial charge in [-0.15, -0.1) is 11.3 Å². The molecule has 1 amide bonds. The van der Waals surface area contributed by atoms with Gasteiger partial charge in [0.05, 0.1) is 15.9 Å². The highest BCUT2D eigenvalue weighted by atomic mass is 32.1. The molecule has 0 spiro atoms. The van der Waals surface area contributed by atoms with Gasteiger partial charge in [-0.05, 0) is 37.3 Å². The van der Waals surface area contributed by atoms with Crippen molar-refractivity contribution < 1.29 is 4.79 Å². The van der Waals surface area contributed by atoms with Crippen LogP contribution >= 0.6 is 22.7 Å². The predicted octanol–water partition coefficient (Wildman–Crippen LogP) is 4.10. The van der Waals surface area contributed by atoms with Crippen LogP contribution in [0.25, 0.3) is 15.3 Å². The van der Waals surface area contributed by atoms with Gasteiger partial charge in [0.15, 0.2) is 10.3 Å². The molecule has 3 heterocycles. The molecule has 1 N–H and O–H groups in total. The number of aromatic nitrogens is 3. The summed E-state index contributed by atoms with van der Waals surface area (Å²) in [5.41, 5.74) is 2.40. The lowest BCUT2D eigenvalue weighted by molar-refractivity contribution is 0.102. The van der Waals surface area contributed by atoms with E-state index in [-0.39, 0.29) is 5.91 Å². The average molecular weight is 340 g/mol. The largest absolute Gasteiger partial charge is 0.300 e. The lowest BCUT2D eigenvalue weighted by atomic mass is 10.2. The van der Waals surface area contributed by atoms with E-state index in [9.17, 15) is 4.79 Å². The van der Waals surface area contributed by atoms with Crippen molar-refractivity contribution >= 4 is 43.9 Å². The summed E-state index contributed by atoms with van der Waals surface area (Å²) >= 11 is 2.98. The van der Waals surface area contributed by atoms with Gasteiger partial charge in [0.1, 0.15) is 0 Å². The molecule has 23 heavy (non-hydrogen) atoms. The summed E-state index contributed by atoms with van der Waals surface area (Å²) in [6, 6.07) is 9.45. The fourth-order valence-corrected chi connectivity index (χ4v) is 3.86. The van der Waals surface area contributed by atoms with Gasteiger partial charge in [0, 0.05) is 23.3 Å². The van der Waals surface area contributed by atoms with E-state index in [1.807, 2.05) is 53.5 Å². The van der Waals surface area contributed by atoms with E-state index in [4.69, 9.17) is 0 Å². The molecule has 7 heteroatoms. The molecule has 0 saturated carbocycles. The third kappa shape index (κ3) is 2.76. The number of anilines is 1. The molecule has 0 radical (unpaired) electrons. The number of hydrogen-bond donors (Lipinski definition) is 1. The number of rotatable bonds is 3. The number of nitrogens with zero attached hydrogens (tertiary/aromatic N) is 3. The quantitative estimate of drug-likeness (QED) is 0.611. The van der Waals surface area contributed by atoms with Crippen molar-refractivity contribution in [3.05, 3.63) is 59.4 Å². The molecular weight excluding hydrogens is 328 g/mol. The van der Waals surface area contributed by atoms with Crippen LogP contribution in [0.15, 0.2) is 48.1 Å². The van der Waals surface area contributed by atoms with Crippen molar-refractivity contribution in [3.63, 3.8) is 0 Å². The zero-order chi connectivity index (χ0) is 15.8. The molecule has 0 aliphatic carbocycles. The molecule has 3 aromatic heterocycles. The summed E-state index contributed by atoms with van der Waals surface area (Å²) in [5, 5.41) is 6.24. The first-order valence-electron chi connectivity index (χ1n) is 6.96. The Labute approximate surface area is 140 Å². The Hall–Kier alpha value is -2.51. The van der Waals surface area contributed by atoms with Crippen LogP contribution < -0.4 is 5.32 Å². The highest BCUT2D eigenvalue weighted by molar-refractivity contribution is 7.20. The smallest absolute Gasteiger partial charge is 0.257 e. The van der Waals surface area contributed by atoms with E-state index in [2.05, 4.69) is 15.3 Å². The number of amides is 1. The van der Waals surface area contributed by atoms with Gasteiger partial charge >= 0.3 is 0 Å². The summed E-state index contributed by atoms with van der Waals surface area (Å²) < 4.78 is 2.94. The van der Waals surface area contributed by atoms with Crippen LogP contribution in [0.5, 0.6) is 0 Å². The standard InChI is InChI=1S/C16H12N4OS2/c1-10-9-22-15(17-10)19-14(21)11-4-5-12-13(8-11)23-16(18-12)20-6-2-3-7-20/h2-9H,1H3,(H,17,19,21). The summed E-state index contributed by atoms with van der Waals surface area (Å²) in [5.74, 6) is -0.155. The number of carbonyl (C=O) groups is 1. The zero-order valence-electron chi connectivity index (χ0n) is 12.2. The summed E-state index contributed by atoms with van der Waals surface area (Å²) in [6.45, 7) is 1.90. The monoisotopic (exact) mass is 340 g/mol. The predicted molar refractivity (Wildman–Crippen MR) is 93.8 cm³/mol. The summed E-state index contributed by atoms with van der Waals surface area (Å²) in [6.07, 6.45) is 3.91. The van der Waals surface area contributed by atoms with Gasteiger partial charge < -0.3 is 4.57 Å². The van der Waals surface area contributed by atoms with Crippen LogP contribution in [0, 0.1) is 6.92 Å². The van der Waals surface area contributed by atoms with Crippen molar-refractivity contribution in [2.45, 2.75) is 6.92 Å². The molecule has 114 valence electrons. The molecular formula is C16H12N4OS2. The van der Waals surface area contributed by atoms with Crippen LogP contribution in [0.1, 0.15) is 16.1 Å². The van der Waals surface area contributed by atoms with Crippen LogP contribution in [-0.2, 0) is 0 Å². The third-order valence-corrected chi connectivity index (χ3v) is 5.21. The first kappa shape index (κ1) is 14.1. The summed E-state index contributed by atoms with van der Waals surface area (Å²) in [7, 11) is 0. The first-order valence-corrected chi connectivity index (χ1v) is 8.66. The van der Waals surface area contributed by atoms with Crippen LogP contribution in [0.2, 0.25) is 0 Å². The maximum absolute atomic E-state index is 12.3. The maximum atomic E-state index is 12.3. The van der Waals surface area contributed by atoms with Crippen LogP contribution in [-0.4, -0.2) is 20.4 Å². The second-order valence-corrected chi connectivity index (χ2v) is 6.88. The fourth-order valence-electron chi connectivity index (χ4n) is 2.21. The van der Waals surface area contributed by atoms with Crippen molar-refractivity contribution in [2.75, 3.05) is 5.32 Å². The molecule has 0 unspecified atom stereocenters. The normalized spacial score (nSPS) is 11.0. The third-order valence-electron chi connectivity index (χ3n) is 3.30. The molecule has 0 atom stereocenters. The topological polar surface area (TPSA) is 59.8 Å². The highest BCUT2D eigenvalue weighted by Crippen LogP contribution is 2.26. The molecule has 0 aliphatic heterocycles. The Morgan fingerprint density at radius 3 is 2.78 bits per heavy atom. The van der Waals surface area contributed by atoms with Gasteiger partial charge in [-0.1, -0.05) is 11.3 Å². The van der Waals surface area contributed by atoms with Crippen molar-refractivity contribution in [3.8, 4) is 5.13 Å². The highest BCUT2D eigenvalue weighted by Gasteiger charge is 2.11. The minimum atomic E-state index is -0.155. The Morgan fingerprint density at radius 2 is 2.04 bits per heavy atom. The van der Waals surface area contributed by atoms with Gasteiger partial charge in [0.25, 0.3) is 5.91 Å². The SMILES string of the molecule is Cc1csc(NC(=O)c2ccc3nc(-n4cccc4)sc3c2)n1. The van der Waals surface area contributed by atoms with Gasteiger partial charge in [0.2, 0.25) is 0 Å². The molecule has 0 aliphatic rings. The maximum Gasteiger partial charge on any atom is 0.257 e. The molecule has 0 saturated heterocycles. The molecule has 5 nitrogen and oxygen atoms in total. The van der Waals surface area contributed by atoms with Crippen LogP contribution in [0.3, 0.4) is 0 Å². The number of benzene rings is 1. The number of hydrogen-bond acceptors (Lipinski definition) is 5. The van der Waals surface area contributed by atoms with E-state index in [1.54, 1.807) is 17.4 Å². The van der Waals surface area contributed by atoms with E-state index in [0.29, 0.717) is 10.7 Å². The Bertz CT molecular complexity index is 985. The number of aryl methyl sites for hydroxylation is 1. The average Bonchev–Trinajstić information content (AvgIpc) is 3.26. The lowest BCUT2D eigenvalue weighted by Gasteiger charge is -2.01. The lowest BCUT2D eigenvalue weighted by Crippen LogP contribution is -2.11. The van der Waals surface area contributed by atoms with Gasteiger partial charge in [-0.3, -0.25) is 10.1 Å². The number of fused-ring (bicyclic) bond motifs is 1. The van der Waals surface area contributed by atoms with Gasteiger partial charge in [-0.2, -0.15) is 0 Å². The molecule has 4 aromatic rings. The Morgan fingerprint density at radius 1 is 1.22 bits per heavy atom. The molecule has 0 bridgehead atoms. The number of nitrogens with one attached hydrogen (secondary N) is 1. The fraction of sp³-hybridized carbons (Fsp3) is 0.0625. The number of carbonyl (C=O) groups excluding carboxylic acids is 1. The van der Waals surface area contributed by atoms with Crippen molar-refractivity contribution in [1.29, 1.82) is 0 Å². The van der Waals surface area contributed by atoms with E-state index >= 15 is 0 Å². The van der Waals surface area contributed by atoms with E-state index < -0.39 is 0 Å². The molecule has 4 rings (SSSR count). The second-order valence-electron chi connectivity index (χ2n) is 5.02. The summed E-state index contributed by atoms with van der Waals surface area (Å²) in [4.78, 5) is 21.2. The number of thiazole rings is 2. The van der Waals surface area contributed by atoms with E-state index in [0.717, 1.165) is 21.0 Å². The molecule has 0 fully saturated rings.